The third-order valence-corrected chi connectivity index (χ3v) is 3.78. The molecule has 2 heterocycles. The first-order valence-corrected chi connectivity index (χ1v) is 6.55. The number of rotatable bonds is 4. The molecule has 1 aliphatic rings. The first-order chi connectivity index (χ1) is 9.06. The third kappa shape index (κ3) is 2.79. The van der Waals surface area contributed by atoms with Crippen molar-refractivity contribution >= 4 is 35.3 Å². The number of nitrogens with zero attached hydrogens (tertiary/aromatic N) is 5. The fourth-order valence-corrected chi connectivity index (χ4v) is 2.36. The zero-order chi connectivity index (χ0) is 14.0. The molecule has 0 aromatic carbocycles. The molecule has 7 heteroatoms. The molecule has 1 N–H and O–H groups in total. The number of aliphatic imine (C=N–C) groups is 2. The number of aromatic amines is 1. The highest BCUT2D eigenvalue weighted by atomic mass is 35.5. The number of H-pyrrole nitrogens is 1. The van der Waals surface area contributed by atoms with E-state index in [0.29, 0.717) is 22.7 Å². The maximum Gasteiger partial charge on any atom is 0.205 e. The first-order valence-electron chi connectivity index (χ1n) is 6.17. The monoisotopic (exact) mass is 282 g/mol. The van der Waals surface area contributed by atoms with Gasteiger partial charge in [0.1, 0.15) is 5.69 Å². The molecular weight excluding hydrogens is 264 g/mol. The van der Waals surface area contributed by atoms with Gasteiger partial charge in [-0.25, -0.2) is 4.99 Å². The largest absolute Gasteiger partial charge is 0.341 e. The topological polar surface area (TPSA) is 59.9 Å². The molecule has 104 valence electrons. The summed E-state index contributed by atoms with van der Waals surface area (Å²) in [5.41, 5.74) is 0.627. The molecule has 0 bridgehead atoms. The van der Waals surface area contributed by atoms with E-state index in [1.807, 2.05) is 0 Å². The van der Waals surface area contributed by atoms with E-state index >= 15 is 0 Å². The van der Waals surface area contributed by atoms with Crippen molar-refractivity contribution in [1.29, 1.82) is 0 Å². The van der Waals surface area contributed by atoms with Crippen molar-refractivity contribution < 1.29 is 0 Å². The van der Waals surface area contributed by atoms with Crippen LogP contribution < -0.4 is 4.90 Å². The van der Waals surface area contributed by atoms with Gasteiger partial charge in [-0.1, -0.05) is 11.6 Å². The minimum atomic E-state index is 0.365. The summed E-state index contributed by atoms with van der Waals surface area (Å²) < 4.78 is 0. The Morgan fingerprint density at radius 3 is 2.84 bits per heavy atom. The second-order valence-electron chi connectivity index (χ2n) is 4.78. The van der Waals surface area contributed by atoms with Gasteiger partial charge in [-0.05, 0) is 27.2 Å². The Kier molecular flexibility index (Phi) is 4.21. The SMILES string of the molecule is C=Nc1nc(N2CCC(N(C)C)C2)[nH]c1/C(Cl)=N\C. The Balaban J connectivity index is 2.23. The Morgan fingerprint density at radius 1 is 1.58 bits per heavy atom. The van der Waals surface area contributed by atoms with Crippen molar-refractivity contribution in [3.05, 3.63) is 5.69 Å². The number of likely N-dealkylation sites (N-methyl/N-ethyl adjacent to an activating group) is 1. The summed E-state index contributed by atoms with van der Waals surface area (Å²) >= 11 is 6.04. The fourth-order valence-electron chi connectivity index (χ4n) is 2.23. The van der Waals surface area contributed by atoms with Crippen molar-refractivity contribution in [1.82, 2.24) is 14.9 Å². The lowest BCUT2D eigenvalue weighted by atomic mass is 10.2. The van der Waals surface area contributed by atoms with E-state index in [2.05, 4.69) is 50.6 Å². The van der Waals surface area contributed by atoms with Crippen LogP contribution >= 0.6 is 11.6 Å². The predicted octanol–water partition coefficient (Wildman–Crippen LogP) is 1.50. The molecule has 1 aromatic heterocycles. The van der Waals surface area contributed by atoms with Crippen LogP contribution in [0.15, 0.2) is 9.98 Å². The van der Waals surface area contributed by atoms with Gasteiger partial charge < -0.3 is 14.8 Å². The number of anilines is 1. The van der Waals surface area contributed by atoms with Crippen molar-refractivity contribution in [2.24, 2.45) is 9.98 Å². The van der Waals surface area contributed by atoms with Gasteiger partial charge in [-0.2, -0.15) is 4.98 Å². The van der Waals surface area contributed by atoms with Crippen LogP contribution in [0.25, 0.3) is 0 Å². The predicted molar refractivity (Wildman–Crippen MR) is 80.4 cm³/mol. The molecule has 0 spiro atoms. The number of halogens is 1. The highest BCUT2D eigenvalue weighted by Gasteiger charge is 2.27. The van der Waals surface area contributed by atoms with Crippen LogP contribution in [0.5, 0.6) is 0 Å². The fraction of sp³-hybridized carbons (Fsp3) is 0.583. The summed E-state index contributed by atoms with van der Waals surface area (Å²) in [6.45, 7) is 5.43. The molecule has 0 amide bonds. The summed E-state index contributed by atoms with van der Waals surface area (Å²) in [6.07, 6.45) is 1.12. The zero-order valence-corrected chi connectivity index (χ0v) is 12.3. The van der Waals surface area contributed by atoms with E-state index in [9.17, 15) is 0 Å². The second-order valence-corrected chi connectivity index (χ2v) is 5.14. The van der Waals surface area contributed by atoms with Gasteiger partial charge in [0.15, 0.2) is 11.0 Å². The quantitative estimate of drug-likeness (QED) is 0.852. The molecule has 6 nitrogen and oxygen atoms in total. The van der Waals surface area contributed by atoms with E-state index in [4.69, 9.17) is 11.6 Å². The lowest BCUT2D eigenvalue weighted by Crippen LogP contribution is -2.31. The Bertz CT molecular complexity index is 492. The first kappa shape index (κ1) is 14.0. The lowest BCUT2D eigenvalue weighted by molar-refractivity contribution is 0.315. The van der Waals surface area contributed by atoms with Crippen molar-refractivity contribution in [2.75, 3.05) is 39.1 Å². The van der Waals surface area contributed by atoms with Gasteiger partial charge in [-0.15, -0.1) is 0 Å². The van der Waals surface area contributed by atoms with Gasteiger partial charge in [0.25, 0.3) is 0 Å². The van der Waals surface area contributed by atoms with E-state index in [-0.39, 0.29) is 0 Å². The third-order valence-electron chi connectivity index (χ3n) is 3.42. The van der Waals surface area contributed by atoms with Crippen molar-refractivity contribution in [3.8, 4) is 0 Å². The van der Waals surface area contributed by atoms with Crippen molar-refractivity contribution in [3.63, 3.8) is 0 Å². The molecule has 0 aliphatic carbocycles. The Labute approximate surface area is 118 Å². The van der Waals surface area contributed by atoms with Crippen LogP contribution in [-0.4, -0.2) is 67.0 Å². The highest BCUT2D eigenvalue weighted by Crippen LogP contribution is 2.26. The Hall–Kier alpha value is -1.40. The molecule has 1 unspecified atom stereocenters. The number of imidazole rings is 1. The maximum absolute atomic E-state index is 6.04. The molecule has 0 saturated carbocycles. The molecule has 19 heavy (non-hydrogen) atoms. The van der Waals surface area contributed by atoms with Crippen LogP contribution in [0.2, 0.25) is 0 Å². The van der Waals surface area contributed by atoms with E-state index in [1.54, 1.807) is 7.05 Å². The summed E-state index contributed by atoms with van der Waals surface area (Å²) in [4.78, 5) is 19.9. The Morgan fingerprint density at radius 2 is 2.32 bits per heavy atom. The van der Waals surface area contributed by atoms with E-state index in [0.717, 1.165) is 25.5 Å². The average Bonchev–Trinajstić information content (AvgIpc) is 3.03. The van der Waals surface area contributed by atoms with Gasteiger partial charge in [0, 0.05) is 26.2 Å². The summed E-state index contributed by atoms with van der Waals surface area (Å²) in [6, 6.07) is 0.545. The molecular formula is C12H19ClN6. The standard InChI is InChI=1S/C12H19ClN6/c1-14-10(13)9-11(15-2)17-12(16-9)19-6-5-8(7-19)18(3)4/h8H,2,5-7H2,1,3-4H3,(H,16,17)/b14-10+. The van der Waals surface area contributed by atoms with Crippen LogP contribution in [-0.2, 0) is 0 Å². The molecule has 1 aromatic rings. The second kappa shape index (κ2) is 5.71. The van der Waals surface area contributed by atoms with Gasteiger partial charge >= 0.3 is 0 Å². The molecule has 0 radical (unpaired) electrons. The molecule has 2 rings (SSSR count). The molecule has 1 aliphatic heterocycles. The normalized spacial score (nSPS) is 20.4. The summed E-state index contributed by atoms with van der Waals surface area (Å²) in [5, 5.41) is 0.365. The van der Waals surface area contributed by atoms with E-state index < -0.39 is 0 Å². The molecule has 1 fully saturated rings. The van der Waals surface area contributed by atoms with Crippen LogP contribution in [0.1, 0.15) is 12.1 Å². The number of hydrogen-bond donors (Lipinski definition) is 1. The lowest BCUT2D eigenvalue weighted by Gasteiger charge is -2.19. The van der Waals surface area contributed by atoms with Crippen LogP contribution in [0, 0.1) is 0 Å². The smallest absolute Gasteiger partial charge is 0.205 e. The zero-order valence-electron chi connectivity index (χ0n) is 11.5. The summed E-state index contributed by atoms with van der Waals surface area (Å²) in [7, 11) is 5.83. The molecule has 1 atom stereocenters. The van der Waals surface area contributed by atoms with Gasteiger partial charge in [0.05, 0.1) is 0 Å². The van der Waals surface area contributed by atoms with Crippen LogP contribution in [0.3, 0.4) is 0 Å². The minimum absolute atomic E-state index is 0.365. The number of hydrogen-bond acceptors (Lipinski definition) is 5. The van der Waals surface area contributed by atoms with Crippen LogP contribution in [0.4, 0.5) is 11.8 Å². The van der Waals surface area contributed by atoms with Gasteiger partial charge in [-0.3, -0.25) is 4.99 Å². The number of aromatic nitrogens is 2. The average molecular weight is 283 g/mol. The highest BCUT2D eigenvalue weighted by molar-refractivity contribution is 6.69. The maximum atomic E-state index is 6.04. The number of nitrogens with one attached hydrogen (secondary N) is 1. The minimum Gasteiger partial charge on any atom is -0.341 e. The molecule has 1 saturated heterocycles. The van der Waals surface area contributed by atoms with Crippen molar-refractivity contribution in [2.45, 2.75) is 12.5 Å². The summed E-state index contributed by atoms with van der Waals surface area (Å²) in [5.74, 6) is 1.28. The van der Waals surface area contributed by atoms with Gasteiger partial charge in [0.2, 0.25) is 5.95 Å². The van der Waals surface area contributed by atoms with E-state index in [1.165, 1.54) is 0 Å².